The molecule has 1 aromatic carbocycles. The molecule has 0 bridgehead atoms. The molecule has 3 heterocycles. The van der Waals surface area contributed by atoms with E-state index in [1.54, 1.807) is 0 Å². The summed E-state index contributed by atoms with van der Waals surface area (Å²) in [5.41, 5.74) is 1.84. The molecule has 1 aliphatic carbocycles. The van der Waals surface area contributed by atoms with Gasteiger partial charge in [0.25, 0.3) is 5.56 Å². The molecule has 1 aliphatic heterocycles. The lowest BCUT2D eigenvalue weighted by Gasteiger charge is -2.28. The number of aryl methyl sites for hydroxylation is 1. The van der Waals surface area contributed by atoms with Gasteiger partial charge in [0.2, 0.25) is 5.95 Å². The molecule has 0 radical (unpaired) electrons. The fraction of sp³-hybridized carbons (Fsp3) is 0.455. The Hall–Kier alpha value is -2.76. The Labute approximate surface area is 164 Å². The van der Waals surface area contributed by atoms with Crippen LogP contribution in [0, 0.1) is 6.92 Å². The number of fused-ring (bicyclic) bond motifs is 1. The third-order valence-corrected chi connectivity index (χ3v) is 6.11. The highest BCUT2D eigenvalue weighted by Gasteiger charge is 2.34. The average molecular weight is 375 g/mol. The number of para-hydroxylation sites is 1. The molecule has 1 saturated heterocycles. The van der Waals surface area contributed by atoms with Crippen molar-refractivity contribution in [3.63, 3.8) is 0 Å². The minimum Gasteiger partial charge on any atom is -0.331 e. The monoisotopic (exact) mass is 375 g/mol. The predicted molar refractivity (Wildman–Crippen MR) is 110 cm³/mol. The highest BCUT2D eigenvalue weighted by Crippen LogP contribution is 2.37. The van der Waals surface area contributed by atoms with E-state index in [1.165, 1.54) is 12.8 Å². The van der Waals surface area contributed by atoms with Crippen molar-refractivity contribution in [2.75, 3.05) is 11.4 Å². The topological polar surface area (TPSA) is 63.9 Å². The summed E-state index contributed by atoms with van der Waals surface area (Å²) in [7, 11) is 0. The van der Waals surface area contributed by atoms with E-state index in [4.69, 9.17) is 4.98 Å². The quantitative estimate of drug-likeness (QED) is 0.693. The number of aromatic nitrogens is 4. The number of nitrogens with zero attached hydrogens (tertiary/aromatic N) is 5. The SMILES string of the molecule is Cc1ccnc(N2CCCC2c2nc3ccccc3c(=O)n2C2CCCC2)n1. The Morgan fingerprint density at radius 3 is 2.64 bits per heavy atom. The fourth-order valence-corrected chi connectivity index (χ4v) is 4.76. The standard InChI is InChI=1S/C22H25N5O/c1-15-12-13-23-22(24-15)26-14-6-11-19(26)20-25-18-10-5-4-9-17(18)21(28)27(20)16-7-2-3-8-16/h4-5,9-10,12-13,16,19H,2-3,6-8,11,14H2,1H3. The third kappa shape index (κ3) is 2.87. The minimum absolute atomic E-state index is 0.0414. The Kier molecular flexibility index (Phi) is 4.34. The second-order valence-electron chi connectivity index (χ2n) is 7.95. The zero-order chi connectivity index (χ0) is 19.1. The molecule has 144 valence electrons. The summed E-state index contributed by atoms with van der Waals surface area (Å²) in [6.07, 6.45) is 8.30. The summed E-state index contributed by atoms with van der Waals surface area (Å²) in [6.45, 7) is 2.88. The summed E-state index contributed by atoms with van der Waals surface area (Å²) < 4.78 is 2.01. The molecule has 2 aliphatic rings. The molecular weight excluding hydrogens is 350 g/mol. The van der Waals surface area contributed by atoms with Gasteiger partial charge in [0.05, 0.1) is 16.9 Å². The van der Waals surface area contributed by atoms with Gasteiger partial charge in [-0.1, -0.05) is 25.0 Å². The van der Waals surface area contributed by atoms with E-state index in [9.17, 15) is 4.79 Å². The molecule has 6 heteroatoms. The van der Waals surface area contributed by atoms with Crippen LogP contribution in [-0.2, 0) is 0 Å². The van der Waals surface area contributed by atoms with Crippen molar-refractivity contribution in [2.45, 2.75) is 57.5 Å². The van der Waals surface area contributed by atoms with Gasteiger partial charge in [0, 0.05) is 24.5 Å². The van der Waals surface area contributed by atoms with Gasteiger partial charge < -0.3 is 4.90 Å². The average Bonchev–Trinajstić information content (AvgIpc) is 3.40. The first kappa shape index (κ1) is 17.3. The zero-order valence-electron chi connectivity index (χ0n) is 16.2. The largest absolute Gasteiger partial charge is 0.331 e. The highest BCUT2D eigenvalue weighted by molar-refractivity contribution is 5.77. The molecular formula is C22H25N5O. The molecule has 28 heavy (non-hydrogen) atoms. The van der Waals surface area contributed by atoms with Gasteiger partial charge in [-0.05, 0) is 50.8 Å². The van der Waals surface area contributed by atoms with E-state index in [0.717, 1.165) is 60.6 Å². The second-order valence-corrected chi connectivity index (χ2v) is 7.95. The molecule has 5 rings (SSSR count). The van der Waals surface area contributed by atoms with Crippen molar-refractivity contribution in [1.29, 1.82) is 0 Å². The van der Waals surface area contributed by atoms with Gasteiger partial charge in [0.15, 0.2) is 0 Å². The molecule has 3 aromatic rings. The van der Waals surface area contributed by atoms with Crippen LogP contribution < -0.4 is 10.5 Å². The predicted octanol–water partition coefficient (Wildman–Crippen LogP) is 3.95. The number of hydrogen-bond acceptors (Lipinski definition) is 5. The van der Waals surface area contributed by atoms with E-state index in [2.05, 4.69) is 14.9 Å². The maximum absolute atomic E-state index is 13.5. The van der Waals surface area contributed by atoms with Crippen molar-refractivity contribution in [1.82, 2.24) is 19.5 Å². The van der Waals surface area contributed by atoms with E-state index < -0.39 is 0 Å². The molecule has 0 spiro atoms. The van der Waals surface area contributed by atoms with Gasteiger partial charge in [-0.15, -0.1) is 0 Å². The summed E-state index contributed by atoms with van der Waals surface area (Å²) in [4.78, 5) is 29.9. The van der Waals surface area contributed by atoms with Crippen LogP contribution in [-0.4, -0.2) is 26.1 Å². The van der Waals surface area contributed by atoms with Crippen LogP contribution in [0.15, 0.2) is 41.3 Å². The van der Waals surface area contributed by atoms with E-state index in [0.29, 0.717) is 0 Å². The molecule has 0 amide bonds. The van der Waals surface area contributed by atoms with Crippen molar-refractivity contribution in [2.24, 2.45) is 0 Å². The fourth-order valence-electron chi connectivity index (χ4n) is 4.76. The Bertz CT molecular complexity index is 1070. The Morgan fingerprint density at radius 2 is 1.82 bits per heavy atom. The van der Waals surface area contributed by atoms with Crippen LogP contribution in [0.1, 0.15) is 62.1 Å². The molecule has 6 nitrogen and oxygen atoms in total. The third-order valence-electron chi connectivity index (χ3n) is 6.11. The maximum atomic E-state index is 13.5. The van der Waals surface area contributed by atoms with Gasteiger partial charge >= 0.3 is 0 Å². The number of rotatable bonds is 3. The first-order chi connectivity index (χ1) is 13.7. The van der Waals surface area contributed by atoms with Crippen LogP contribution in [0.5, 0.6) is 0 Å². The zero-order valence-corrected chi connectivity index (χ0v) is 16.2. The molecule has 1 unspecified atom stereocenters. The lowest BCUT2D eigenvalue weighted by Crippen LogP contribution is -2.34. The van der Waals surface area contributed by atoms with Crippen molar-refractivity contribution in [3.05, 3.63) is 58.4 Å². The first-order valence-corrected chi connectivity index (χ1v) is 10.3. The lowest BCUT2D eigenvalue weighted by atomic mass is 10.1. The van der Waals surface area contributed by atoms with Gasteiger partial charge in [-0.25, -0.2) is 15.0 Å². The van der Waals surface area contributed by atoms with E-state index in [-0.39, 0.29) is 17.6 Å². The van der Waals surface area contributed by atoms with E-state index in [1.807, 2.05) is 48.0 Å². The smallest absolute Gasteiger partial charge is 0.261 e. The summed E-state index contributed by atoms with van der Waals surface area (Å²) in [6, 6.07) is 9.93. The highest BCUT2D eigenvalue weighted by atomic mass is 16.1. The van der Waals surface area contributed by atoms with Crippen LogP contribution in [0.4, 0.5) is 5.95 Å². The molecule has 0 N–H and O–H groups in total. The number of benzene rings is 1. The van der Waals surface area contributed by atoms with Crippen molar-refractivity contribution < 1.29 is 0 Å². The summed E-state index contributed by atoms with van der Waals surface area (Å²) in [5, 5.41) is 0.717. The number of anilines is 1. The van der Waals surface area contributed by atoms with Gasteiger partial charge in [0.1, 0.15) is 5.82 Å². The van der Waals surface area contributed by atoms with E-state index >= 15 is 0 Å². The maximum Gasteiger partial charge on any atom is 0.261 e. The van der Waals surface area contributed by atoms with Gasteiger partial charge in [-0.3, -0.25) is 9.36 Å². The summed E-state index contributed by atoms with van der Waals surface area (Å²) in [5.74, 6) is 1.63. The Balaban J connectivity index is 1.68. The van der Waals surface area contributed by atoms with Crippen LogP contribution in [0.3, 0.4) is 0 Å². The number of hydrogen-bond donors (Lipinski definition) is 0. The van der Waals surface area contributed by atoms with Crippen molar-refractivity contribution >= 4 is 16.9 Å². The van der Waals surface area contributed by atoms with Crippen LogP contribution in [0.25, 0.3) is 10.9 Å². The van der Waals surface area contributed by atoms with Crippen LogP contribution >= 0.6 is 0 Å². The molecule has 2 aromatic heterocycles. The second kappa shape index (κ2) is 7.00. The Morgan fingerprint density at radius 1 is 1.00 bits per heavy atom. The van der Waals surface area contributed by atoms with Crippen molar-refractivity contribution in [3.8, 4) is 0 Å². The molecule has 1 atom stereocenters. The first-order valence-electron chi connectivity index (χ1n) is 10.3. The summed E-state index contributed by atoms with van der Waals surface area (Å²) >= 11 is 0. The normalized spacial score (nSPS) is 20.3. The lowest BCUT2D eigenvalue weighted by molar-refractivity contribution is 0.453. The molecule has 1 saturated carbocycles. The van der Waals surface area contributed by atoms with Gasteiger partial charge in [-0.2, -0.15) is 0 Å². The minimum atomic E-state index is 0.0414. The molecule has 2 fully saturated rings. The van der Waals surface area contributed by atoms with Crippen LogP contribution in [0.2, 0.25) is 0 Å².